The van der Waals surface area contributed by atoms with Crippen LogP contribution in [0.4, 0.5) is 18.9 Å². The van der Waals surface area contributed by atoms with Crippen molar-refractivity contribution in [1.29, 1.82) is 0 Å². The molecule has 27 heavy (non-hydrogen) atoms. The monoisotopic (exact) mass is 383 g/mol. The summed E-state index contributed by atoms with van der Waals surface area (Å²) in [7, 11) is 2.03. The van der Waals surface area contributed by atoms with E-state index in [0.29, 0.717) is 25.7 Å². The average Bonchev–Trinajstić information content (AvgIpc) is 2.68. The van der Waals surface area contributed by atoms with Crippen LogP contribution >= 0.6 is 0 Å². The van der Waals surface area contributed by atoms with Crippen LogP contribution in [0.2, 0.25) is 0 Å². The maximum absolute atomic E-state index is 13.7. The molecule has 1 saturated heterocycles. The van der Waals surface area contributed by atoms with E-state index in [-0.39, 0.29) is 23.4 Å². The molecule has 148 valence electrons. The molecule has 1 aliphatic carbocycles. The Morgan fingerprint density at radius 3 is 2.15 bits per heavy atom. The SMILES string of the molecule is CN1CCN(C(=O)C2CCC(C(=O)Nc3ccc(F)c(F)c3F)CC2)CC1. The van der Waals surface area contributed by atoms with Gasteiger partial charge in [0.25, 0.3) is 0 Å². The van der Waals surface area contributed by atoms with E-state index in [1.807, 2.05) is 11.9 Å². The van der Waals surface area contributed by atoms with Crippen molar-refractivity contribution in [2.45, 2.75) is 25.7 Å². The Balaban J connectivity index is 1.52. The summed E-state index contributed by atoms with van der Waals surface area (Å²) in [6.07, 6.45) is 2.23. The first-order chi connectivity index (χ1) is 12.9. The van der Waals surface area contributed by atoms with Crippen LogP contribution in [0.25, 0.3) is 0 Å². The molecule has 1 aromatic rings. The minimum absolute atomic E-state index is 0.0857. The molecule has 2 fully saturated rings. The maximum atomic E-state index is 13.7. The number of halogens is 3. The molecule has 0 unspecified atom stereocenters. The number of hydrogen-bond donors (Lipinski definition) is 1. The second kappa shape index (κ2) is 8.29. The number of carbonyl (C=O) groups is 2. The van der Waals surface area contributed by atoms with Crippen LogP contribution in [-0.2, 0) is 9.59 Å². The van der Waals surface area contributed by atoms with Gasteiger partial charge in [-0.25, -0.2) is 13.2 Å². The lowest BCUT2D eigenvalue weighted by Crippen LogP contribution is -2.49. The number of likely N-dealkylation sites (N-methyl/N-ethyl adjacent to an activating group) is 1. The molecule has 0 spiro atoms. The van der Waals surface area contributed by atoms with E-state index in [4.69, 9.17) is 0 Å². The van der Waals surface area contributed by atoms with Crippen molar-refractivity contribution in [2.24, 2.45) is 11.8 Å². The Hall–Kier alpha value is -2.09. The number of carbonyl (C=O) groups excluding carboxylic acids is 2. The van der Waals surface area contributed by atoms with Crippen LogP contribution < -0.4 is 5.32 Å². The van der Waals surface area contributed by atoms with Crippen molar-refractivity contribution >= 4 is 17.5 Å². The quantitative estimate of drug-likeness (QED) is 0.817. The van der Waals surface area contributed by atoms with Gasteiger partial charge in [-0.2, -0.15) is 0 Å². The number of hydrogen-bond acceptors (Lipinski definition) is 3. The van der Waals surface area contributed by atoms with Crippen LogP contribution in [0.1, 0.15) is 25.7 Å². The van der Waals surface area contributed by atoms with Crippen molar-refractivity contribution < 1.29 is 22.8 Å². The fourth-order valence-electron chi connectivity index (χ4n) is 3.74. The molecular formula is C19H24F3N3O2. The van der Waals surface area contributed by atoms with Gasteiger partial charge in [-0.05, 0) is 44.9 Å². The number of piperazine rings is 1. The van der Waals surface area contributed by atoms with Crippen LogP contribution in [0.15, 0.2) is 12.1 Å². The molecule has 1 heterocycles. The summed E-state index contributed by atoms with van der Waals surface area (Å²) in [6, 6.07) is 1.79. The third kappa shape index (κ3) is 4.43. The van der Waals surface area contributed by atoms with Gasteiger partial charge < -0.3 is 15.1 Å². The molecule has 0 radical (unpaired) electrons. The topological polar surface area (TPSA) is 52.7 Å². The minimum Gasteiger partial charge on any atom is -0.340 e. The Bertz CT molecular complexity index is 712. The first-order valence-corrected chi connectivity index (χ1v) is 9.28. The predicted octanol–water partition coefficient (Wildman–Crippen LogP) is 2.62. The minimum atomic E-state index is -1.60. The summed E-state index contributed by atoms with van der Waals surface area (Å²) in [5.41, 5.74) is -0.366. The normalized spacial score (nSPS) is 23.9. The van der Waals surface area contributed by atoms with Gasteiger partial charge in [-0.1, -0.05) is 0 Å². The number of anilines is 1. The van der Waals surface area contributed by atoms with E-state index in [9.17, 15) is 22.8 Å². The smallest absolute Gasteiger partial charge is 0.227 e. The average molecular weight is 383 g/mol. The zero-order valence-electron chi connectivity index (χ0n) is 15.3. The molecule has 1 saturated carbocycles. The van der Waals surface area contributed by atoms with E-state index in [0.717, 1.165) is 38.3 Å². The van der Waals surface area contributed by atoms with E-state index in [1.165, 1.54) is 0 Å². The Kier molecular flexibility index (Phi) is 6.04. The third-order valence-corrected chi connectivity index (χ3v) is 5.56. The standard InChI is InChI=1S/C19H24F3N3O2/c1-24-8-10-25(11-9-24)19(27)13-4-2-12(3-5-13)18(26)23-15-7-6-14(20)16(21)17(15)22/h6-7,12-13H,2-5,8-11H2,1H3,(H,23,26). The Morgan fingerprint density at radius 2 is 1.52 bits per heavy atom. The molecule has 2 amide bonds. The summed E-state index contributed by atoms with van der Waals surface area (Å²) in [6.45, 7) is 3.18. The van der Waals surface area contributed by atoms with Crippen molar-refractivity contribution in [3.63, 3.8) is 0 Å². The number of benzene rings is 1. The maximum Gasteiger partial charge on any atom is 0.227 e. The van der Waals surface area contributed by atoms with Gasteiger partial charge in [0, 0.05) is 38.0 Å². The fraction of sp³-hybridized carbons (Fsp3) is 0.579. The molecule has 8 heteroatoms. The van der Waals surface area contributed by atoms with Gasteiger partial charge in [0.15, 0.2) is 17.5 Å². The Labute approximate surface area is 156 Å². The van der Waals surface area contributed by atoms with Crippen LogP contribution in [0.3, 0.4) is 0 Å². The van der Waals surface area contributed by atoms with Crippen LogP contribution in [-0.4, -0.2) is 54.8 Å². The number of nitrogens with one attached hydrogen (secondary N) is 1. The highest BCUT2D eigenvalue weighted by Crippen LogP contribution is 2.31. The van der Waals surface area contributed by atoms with Crippen LogP contribution in [0, 0.1) is 29.3 Å². The highest BCUT2D eigenvalue weighted by Gasteiger charge is 2.33. The van der Waals surface area contributed by atoms with Crippen molar-refractivity contribution in [1.82, 2.24) is 9.80 Å². The molecule has 0 aromatic heterocycles. The lowest BCUT2D eigenvalue weighted by Gasteiger charge is -2.36. The second-order valence-electron chi connectivity index (χ2n) is 7.39. The van der Waals surface area contributed by atoms with Gasteiger partial charge in [0.1, 0.15) is 0 Å². The lowest BCUT2D eigenvalue weighted by atomic mass is 9.80. The molecule has 0 atom stereocenters. The summed E-state index contributed by atoms with van der Waals surface area (Å²) in [5.74, 6) is -5.03. The molecule has 1 aromatic carbocycles. The molecule has 0 bridgehead atoms. The van der Waals surface area contributed by atoms with Gasteiger partial charge in [-0.3, -0.25) is 9.59 Å². The van der Waals surface area contributed by atoms with Crippen molar-refractivity contribution in [3.05, 3.63) is 29.6 Å². The molecule has 3 rings (SSSR count). The first-order valence-electron chi connectivity index (χ1n) is 9.28. The summed E-state index contributed by atoms with van der Waals surface area (Å²) in [4.78, 5) is 29.0. The van der Waals surface area contributed by atoms with Gasteiger partial charge in [0.2, 0.25) is 11.8 Å². The zero-order valence-corrected chi connectivity index (χ0v) is 15.3. The number of nitrogens with zero attached hydrogens (tertiary/aromatic N) is 2. The molecule has 1 aliphatic heterocycles. The predicted molar refractivity (Wildman–Crippen MR) is 94.5 cm³/mol. The van der Waals surface area contributed by atoms with Gasteiger partial charge >= 0.3 is 0 Å². The van der Waals surface area contributed by atoms with Crippen molar-refractivity contribution in [3.8, 4) is 0 Å². The zero-order chi connectivity index (χ0) is 19.6. The van der Waals surface area contributed by atoms with Gasteiger partial charge in [-0.15, -0.1) is 0 Å². The highest BCUT2D eigenvalue weighted by atomic mass is 19.2. The van der Waals surface area contributed by atoms with E-state index in [2.05, 4.69) is 10.2 Å². The highest BCUT2D eigenvalue weighted by molar-refractivity contribution is 5.93. The largest absolute Gasteiger partial charge is 0.340 e. The number of amides is 2. The van der Waals surface area contributed by atoms with Crippen LogP contribution in [0.5, 0.6) is 0 Å². The summed E-state index contributed by atoms with van der Waals surface area (Å²) < 4.78 is 40.0. The van der Waals surface area contributed by atoms with Gasteiger partial charge in [0.05, 0.1) is 5.69 Å². The third-order valence-electron chi connectivity index (χ3n) is 5.56. The van der Waals surface area contributed by atoms with E-state index < -0.39 is 23.4 Å². The summed E-state index contributed by atoms with van der Waals surface area (Å²) in [5, 5.41) is 2.34. The molecule has 5 nitrogen and oxygen atoms in total. The number of rotatable bonds is 3. The first kappa shape index (κ1) is 19.7. The molecule has 2 aliphatic rings. The fourth-order valence-corrected chi connectivity index (χ4v) is 3.74. The second-order valence-corrected chi connectivity index (χ2v) is 7.39. The van der Waals surface area contributed by atoms with E-state index >= 15 is 0 Å². The van der Waals surface area contributed by atoms with E-state index in [1.54, 1.807) is 0 Å². The Morgan fingerprint density at radius 1 is 0.926 bits per heavy atom. The lowest BCUT2D eigenvalue weighted by molar-refractivity contribution is -0.139. The summed E-state index contributed by atoms with van der Waals surface area (Å²) >= 11 is 0. The van der Waals surface area contributed by atoms with Crippen molar-refractivity contribution in [2.75, 3.05) is 38.5 Å². The molecule has 1 N–H and O–H groups in total. The molecular weight excluding hydrogens is 359 g/mol.